The first-order valence-electron chi connectivity index (χ1n) is 9.62. The number of nitrogens with zero attached hydrogens (tertiary/aromatic N) is 3. The van der Waals surface area contributed by atoms with Crippen LogP contribution in [0.5, 0.6) is 0 Å². The number of hydrogen-bond donors (Lipinski definition) is 0. The number of likely N-dealkylation sites (tertiary alicyclic amines) is 1. The first kappa shape index (κ1) is 15.4. The summed E-state index contributed by atoms with van der Waals surface area (Å²) in [7, 11) is 0. The van der Waals surface area contributed by atoms with E-state index in [9.17, 15) is 9.59 Å². The molecule has 0 unspecified atom stereocenters. The van der Waals surface area contributed by atoms with E-state index >= 15 is 0 Å². The van der Waals surface area contributed by atoms with E-state index in [4.69, 9.17) is 0 Å². The van der Waals surface area contributed by atoms with Crippen LogP contribution in [-0.2, 0) is 16.1 Å². The van der Waals surface area contributed by atoms with Crippen LogP contribution in [0.3, 0.4) is 0 Å². The van der Waals surface area contributed by atoms with Gasteiger partial charge in [0.2, 0.25) is 11.8 Å². The maximum Gasteiger partial charge on any atom is 0.234 e. The van der Waals surface area contributed by atoms with Crippen molar-refractivity contribution in [2.24, 2.45) is 23.7 Å². The number of hydrogen-bond acceptors (Lipinski definition) is 3. The number of allylic oxidation sites excluding steroid dienone is 2. The molecule has 132 valence electrons. The summed E-state index contributed by atoms with van der Waals surface area (Å²) in [5, 5.41) is 4.62. The van der Waals surface area contributed by atoms with Gasteiger partial charge in [0.25, 0.3) is 0 Å². The number of imide groups is 1. The molecule has 5 nitrogen and oxygen atoms in total. The van der Waals surface area contributed by atoms with E-state index in [-0.39, 0.29) is 23.7 Å². The summed E-state index contributed by atoms with van der Waals surface area (Å²) in [6, 6.07) is 2.47. The minimum atomic E-state index is -0.107. The zero-order valence-electron chi connectivity index (χ0n) is 14.9. The van der Waals surface area contributed by atoms with Crippen LogP contribution in [-0.4, -0.2) is 26.5 Å². The highest BCUT2D eigenvalue weighted by molar-refractivity contribution is 6.06. The highest BCUT2D eigenvalue weighted by Crippen LogP contribution is 2.60. The van der Waals surface area contributed by atoms with Crippen LogP contribution in [0, 0.1) is 23.7 Å². The van der Waals surface area contributed by atoms with Gasteiger partial charge in [-0.25, -0.2) is 0 Å². The maximum atomic E-state index is 13.0. The fraction of sp³-hybridized carbons (Fsp3) is 0.650. The molecule has 2 heterocycles. The topological polar surface area (TPSA) is 55.2 Å². The Morgan fingerprint density at radius 1 is 1.08 bits per heavy atom. The fourth-order valence-corrected chi connectivity index (χ4v) is 5.69. The lowest BCUT2D eigenvalue weighted by atomic mass is 9.81. The second kappa shape index (κ2) is 5.29. The first-order chi connectivity index (χ1) is 12.1. The molecular weight excluding hydrogens is 314 g/mol. The van der Waals surface area contributed by atoms with Crippen molar-refractivity contribution in [1.29, 1.82) is 0 Å². The summed E-state index contributed by atoms with van der Waals surface area (Å²) in [6.45, 7) is 4.59. The zero-order valence-corrected chi connectivity index (χ0v) is 14.9. The molecule has 5 heteroatoms. The van der Waals surface area contributed by atoms with Crippen molar-refractivity contribution in [1.82, 2.24) is 14.7 Å². The highest BCUT2D eigenvalue weighted by Gasteiger charge is 2.63. The predicted octanol–water partition coefficient (Wildman–Crippen LogP) is 3.09. The molecule has 1 saturated heterocycles. The van der Waals surface area contributed by atoms with Crippen LogP contribution in [0.4, 0.5) is 0 Å². The van der Waals surface area contributed by atoms with Gasteiger partial charge in [-0.3, -0.25) is 19.2 Å². The standard InChI is InChI=1S/C20H25N3O2/c1-11(2)16-14-6-7-15(16)18-17(14)19(24)22(20(18)25)10-12-8-9-23(21-12)13-4-3-5-13/h8-9,13-15,17-18H,3-7,10H2,1-2H3/t14-,15+,17+,18-. The average Bonchev–Trinajstić information content (AvgIpc) is 3.25. The number of fused-ring (bicyclic) bond motifs is 5. The lowest BCUT2D eigenvalue weighted by Gasteiger charge is -2.25. The van der Waals surface area contributed by atoms with Crippen LogP contribution in [0.2, 0.25) is 0 Å². The van der Waals surface area contributed by atoms with Gasteiger partial charge in [0, 0.05) is 6.20 Å². The third-order valence-corrected chi connectivity index (χ3v) is 6.95. The summed E-state index contributed by atoms with van der Waals surface area (Å²) in [6.07, 6.45) is 7.76. The van der Waals surface area contributed by atoms with Crippen LogP contribution < -0.4 is 0 Å². The van der Waals surface area contributed by atoms with Gasteiger partial charge in [0.15, 0.2) is 0 Å². The molecule has 2 amide bonds. The van der Waals surface area contributed by atoms with Crippen LogP contribution in [0.15, 0.2) is 23.4 Å². The Labute approximate surface area is 148 Å². The van der Waals surface area contributed by atoms with Gasteiger partial charge in [0.05, 0.1) is 30.1 Å². The van der Waals surface area contributed by atoms with Gasteiger partial charge in [-0.1, -0.05) is 11.1 Å². The molecule has 0 radical (unpaired) electrons. The summed E-state index contributed by atoms with van der Waals surface area (Å²) in [5.74, 6) is 0.469. The number of aromatic nitrogens is 2. The van der Waals surface area contributed by atoms with E-state index < -0.39 is 0 Å². The summed E-state index contributed by atoms with van der Waals surface area (Å²) >= 11 is 0. The van der Waals surface area contributed by atoms with Crippen molar-refractivity contribution in [2.45, 2.75) is 58.5 Å². The Bertz CT molecular complexity index is 753. The Morgan fingerprint density at radius 3 is 2.24 bits per heavy atom. The maximum absolute atomic E-state index is 13.0. The van der Waals surface area contributed by atoms with E-state index in [0.29, 0.717) is 24.4 Å². The Hall–Kier alpha value is -1.91. The lowest BCUT2D eigenvalue weighted by Crippen LogP contribution is -2.33. The van der Waals surface area contributed by atoms with E-state index in [2.05, 4.69) is 18.9 Å². The van der Waals surface area contributed by atoms with Crippen LogP contribution >= 0.6 is 0 Å². The molecule has 0 N–H and O–H groups in total. The van der Waals surface area contributed by atoms with Crippen molar-refractivity contribution >= 4 is 11.8 Å². The number of rotatable bonds is 3. The molecule has 1 aromatic heterocycles. The number of carbonyl (C=O) groups excluding carboxylic acids is 2. The van der Waals surface area contributed by atoms with E-state index in [1.165, 1.54) is 35.3 Å². The SMILES string of the molecule is CC(C)=C1[C@H]2CC[C@@H]1[C@H]1C(=O)N(Cc3ccn(C4CCC4)n3)C(=O)[C@H]12. The Kier molecular flexibility index (Phi) is 3.25. The number of carbonyl (C=O) groups is 2. The second-order valence-electron chi connectivity index (χ2n) is 8.43. The largest absolute Gasteiger partial charge is 0.276 e. The normalized spacial score (nSPS) is 34.0. The number of amides is 2. The molecule has 3 aliphatic carbocycles. The molecule has 4 atom stereocenters. The average molecular weight is 339 g/mol. The van der Waals surface area contributed by atoms with Gasteiger partial charge in [0.1, 0.15) is 0 Å². The van der Waals surface area contributed by atoms with Crippen LogP contribution in [0.1, 0.15) is 57.7 Å². The lowest BCUT2D eigenvalue weighted by molar-refractivity contribution is -0.141. The van der Waals surface area contributed by atoms with Crippen molar-refractivity contribution in [3.8, 4) is 0 Å². The highest BCUT2D eigenvalue weighted by atomic mass is 16.2. The summed E-state index contributed by atoms with van der Waals surface area (Å²) in [4.78, 5) is 27.5. The monoisotopic (exact) mass is 339 g/mol. The van der Waals surface area contributed by atoms with Crippen LogP contribution in [0.25, 0.3) is 0 Å². The zero-order chi connectivity index (χ0) is 17.3. The quantitative estimate of drug-likeness (QED) is 0.628. The second-order valence-corrected chi connectivity index (χ2v) is 8.43. The van der Waals surface area contributed by atoms with E-state index in [0.717, 1.165) is 18.5 Å². The van der Waals surface area contributed by atoms with Gasteiger partial charge in [-0.05, 0) is 63.9 Å². The molecule has 1 aliphatic heterocycles. The van der Waals surface area contributed by atoms with Gasteiger partial charge < -0.3 is 0 Å². The molecule has 0 spiro atoms. The Morgan fingerprint density at radius 2 is 1.72 bits per heavy atom. The van der Waals surface area contributed by atoms with Crippen molar-refractivity contribution < 1.29 is 9.59 Å². The fourth-order valence-electron chi connectivity index (χ4n) is 5.69. The molecule has 3 saturated carbocycles. The van der Waals surface area contributed by atoms with Crippen molar-refractivity contribution in [3.63, 3.8) is 0 Å². The first-order valence-corrected chi connectivity index (χ1v) is 9.62. The van der Waals surface area contributed by atoms with Gasteiger partial charge >= 0.3 is 0 Å². The smallest absolute Gasteiger partial charge is 0.234 e. The molecule has 4 fully saturated rings. The molecule has 0 aromatic carbocycles. The van der Waals surface area contributed by atoms with Gasteiger partial charge in [-0.15, -0.1) is 0 Å². The molecule has 2 bridgehead atoms. The molecule has 5 rings (SSSR count). The summed E-state index contributed by atoms with van der Waals surface area (Å²) < 4.78 is 2.01. The Balaban J connectivity index is 1.39. The van der Waals surface area contributed by atoms with E-state index in [1.807, 2.05) is 16.9 Å². The molecular formula is C20H25N3O2. The minimum Gasteiger partial charge on any atom is -0.276 e. The predicted molar refractivity (Wildman–Crippen MR) is 92.2 cm³/mol. The molecule has 4 aliphatic rings. The van der Waals surface area contributed by atoms with Crippen molar-refractivity contribution in [3.05, 3.63) is 29.1 Å². The minimum absolute atomic E-state index is 0.0409. The van der Waals surface area contributed by atoms with Gasteiger partial charge in [-0.2, -0.15) is 5.10 Å². The third kappa shape index (κ3) is 2.04. The summed E-state index contributed by atoms with van der Waals surface area (Å²) in [5.41, 5.74) is 3.56. The van der Waals surface area contributed by atoms with Crippen molar-refractivity contribution in [2.75, 3.05) is 0 Å². The molecule has 25 heavy (non-hydrogen) atoms. The van der Waals surface area contributed by atoms with E-state index in [1.54, 1.807) is 0 Å². The third-order valence-electron chi connectivity index (χ3n) is 6.95. The molecule has 1 aromatic rings.